The molecule has 2 aromatic rings. The first kappa shape index (κ1) is 17.5. The second-order valence-electron chi connectivity index (χ2n) is 6.99. The normalized spacial score (nSPS) is 15.8. The van der Waals surface area contributed by atoms with Crippen LogP contribution in [0.1, 0.15) is 55.0 Å². The first-order valence-corrected chi connectivity index (χ1v) is 9.19. The summed E-state index contributed by atoms with van der Waals surface area (Å²) in [5, 5.41) is 3.08. The molecule has 1 aliphatic rings. The van der Waals surface area contributed by atoms with Crippen LogP contribution in [0.15, 0.2) is 42.5 Å². The molecule has 2 aromatic carbocycles. The van der Waals surface area contributed by atoms with Crippen molar-refractivity contribution in [1.29, 1.82) is 0 Å². The van der Waals surface area contributed by atoms with Crippen molar-refractivity contribution in [2.45, 2.75) is 58.6 Å². The van der Waals surface area contributed by atoms with Crippen LogP contribution in [0.25, 0.3) is 0 Å². The molecule has 0 aliphatic heterocycles. The summed E-state index contributed by atoms with van der Waals surface area (Å²) >= 11 is 0. The molecule has 0 spiro atoms. The molecule has 25 heavy (non-hydrogen) atoms. The summed E-state index contributed by atoms with van der Waals surface area (Å²) in [6, 6.07) is 14.4. The number of amides is 1. The summed E-state index contributed by atoms with van der Waals surface area (Å²) in [6.07, 6.45) is 4.35. The molecule has 3 rings (SSSR count). The number of carbonyl (C=O) groups excluding carboxylic acids is 1. The molecule has 0 bridgehead atoms. The van der Waals surface area contributed by atoms with Crippen LogP contribution in [0, 0.1) is 6.92 Å². The Labute approximate surface area is 150 Å². The van der Waals surface area contributed by atoms with Crippen molar-refractivity contribution < 1.29 is 9.53 Å². The summed E-state index contributed by atoms with van der Waals surface area (Å²) in [4.78, 5) is 12.5. The Kier molecular flexibility index (Phi) is 5.42. The average Bonchev–Trinajstić information content (AvgIpc) is 2.63. The monoisotopic (exact) mass is 337 g/mol. The third kappa shape index (κ3) is 4.22. The minimum absolute atomic E-state index is 0.0253. The summed E-state index contributed by atoms with van der Waals surface area (Å²) < 4.78 is 5.82. The molecule has 0 unspecified atom stereocenters. The third-order valence-corrected chi connectivity index (χ3v) is 5.00. The first-order valence-electron chi connectivity index (χ1n) is 9.19. The van der Waals surface area contributed by atoms with E-state index in [9.17, 15) is 4.79 Å². The van der Waals surface area contributed by atoms with Gasteiger partial charge in [-0.05, 0) is 74.8 Å². The van der Waals surface area contributed by atoms with E-state index in [0.717, 1.165) is 23.3 Å². The van der Waals surface area contributed by atoms with Crippen molar-refractivity contribution in [2.24, 2.45) is 0 Å². The first-order chi connectivity index (χ1) is 12.0. The quantitative estimate of drug-likeness (QED) is 0.871. The molecule has 1 N–H and O–H groups in total. The van der Waals surface area contributed by atoms with Crippen LogP contribution >= 0.6 is 0 Å². The molecule has 0 radical (unpaired) electrons. The minimum atomic E-state index is -0.527. The molecule has 0 saturated carbocycles. The summed E-state index contributed by atoms with van der Waals surface area (Å²) in [5.41, 5.74) is 5.10. The Morgan fingerprint density at radius 1 is 1.04 bits per heavy atom. The van der Waals surface area contributed by atoms with E-state index in [1.54, 1.807) is 6.92 Å². The van der Waals surface area contributed by atoms with Gasteiger partial charge in [0.15, 0.2) is 6.10 Å². The van der Waals surface area contributed by atoms with Crippen LogP contribution < -0.4 is 10.1 Å². The molecule has 3 nitrogen and oxygen atoms in total. The Bertz CT molecular complexity index is 753. The highest BCUT2D eigenvalue weighted by Gasteiger charge is 2.19. The largest absolute Gasteiger partial charge is 0.481 e. The van der Waals surface area contributed by atoms with E-state index in [0.29, 0.717) is 0 Å². The topological polar surface area (TPSA) is 38.3 Å². The number of ether oxygens (including phenoxy) is 1. The molecule has 0 fully saturated rings. The van der Waals surface area contributed by atoms with E-state index in [4.69, 9.17) is 4.74 Å². The van der Waals surface area contributed by atoms with E-state index in [1.165, 1.54) is 30.4 Å². The van der Waals surface area contributed by atoms with Gasteiger partial charge >= 0.3 is 0 Å². The number of carbonyl (C=O) groups is 1. The number of hydrogen-bond acceptors (Lipinski definition) is 2. The predicted molar refractivity (Wildman–Crippen MR) is 101 cm³/mol. The Morgan fingerprint density at radius 2 is 1.76 bits per heavy atom. The molecule has 3 heteroatoms. The fraction of sp³-hybridized carbons (Fsp3) is 0.409. The van der Waals surface area contributed by atoms with Crippen molar-refractivity contribution in [3.05, 3.63) is 64.7 Å². The van der Waals surface area contributed by atoms with Crippen molar-refractivity contribution in [3.8, 4) is 5.75 Å². The highest BCUT2D eigenvalue weighted by molar-refractivity contribution is 5.81. The molecule has 132 valence electrons. The van der Waals surface area contributed by atoms with Gasteiger partial charge in [-0.3, -0.25) is 4.79 Å². The maximum Gasteiger partial charge on any atom is 0.261 e. The van der Waals surface area contributed by atoms with Crippen LogP contribution in [-0.2, 0) is 17.6 Å². The number of aryl methyl sites for hydroxylation is 3. The molecule has 0 heterocycles. The van der Waals surface area contributed by atoms with Gasteiger partial charge < -0.3 is 10.1 Å². The van der Waals surface area contributed by atoms with Gasteiger partial charge in [0.2, 0.25) is 0 Å². The van der Waals surface area contributed by atoms with Gasteiger partial charge in [0.05, 0.1) is 6.04 Å². The van der Waals surface area contributed by atoms with Crippen LogP contribution in [0.3, 0.4) is 0 Å². The molecule has 0 saturated heterocycles. The van der Waals surface area contributed by atoms with Crippen molar-refractivity contribution in [3.63, 3.8) is 0 Å². The van der Waals surface area contributed by atoms with Gasteiger partial charge in [0.1, 0.15) is 5.75 Å². The minimum Gasteiger partial charge on any atom is -0.481 e. The average molecular weight is 337 g/mol. The van der Waals surface area contributed by atoms with Crippen LogP contribution in [0.4, 0.5) is 0 Å². The van der Waals surface area contributed by atoms with Gasteiger partial charge in [-0.15, -0.1) is 0 Å². The van der Waals surface area contributed by atoms with Crippen LogP contribution in [0.2, 0.25) is 0 Å². The highest BCUT2D eigenvalue weighted by Crippen LogP contribution is 2.25. The predicted octanol–water partition coefficient (Wildman–Crippen LogP) is 4.52. The smallest absolute Gasteiger partial charge is 0.261 e. The third-order valence-electron chi connectivity index (χ3n) is 5.00. The van der Waals surface area contributed by atoms with Gasteiger partial charge in [-0.2, -0.15) is 0 Å². The van der Waals surface area contributed by atoms with E-state index in [1.807, 2.05) is 38.1 Å². The molecule has 1 amide bonds. The Hall–Kier alpha value is -2.29. The van der Waals surface area contributed by atoms with Gasteiger partial charge in [-0.1, -0.05) is 36.4 Å². The van der Waals surface area contributed by atoms with Crippen molar-refractivity contribution in [2.75, 3.05) is 0 Å². The maximum atomic E-state index is 12.5. The van der Waals surface area contributed by atoms with Gasteiger partial charge in [0.25, 0.3) is 5.91 Å². The van der Waals surface area contributed by atoms with Crippen molar-refractivity contribution >= 4 is 5.91 Å². The fourth-order valence-corrected chi connectivity index (χ4v) is 3.37. The second kappa shape index (κ2) is 7.73. The lowest BCUT2D eigenvalue weighted by Gasteiger charge is -2.22. The molecular formula is C22H27NO2. The number of benzene rings is 2. The van der Waals surface area contributed by atoms with Gasteiger partial charge in [-0.25, -0.2) is 0 Å². The van der Waals surface area contributed by atoms with E-state index < -0.39 is 6.10 Å². The van der Waals surface area contributed by atoms with E-state index in [-0.39, 0.29) is 11.9 Å². The van der Waals surface area contributed by atoms with Crippen molar-refractivity contribution in [1.82, 2.24) is 5.32 Å². The Morgan fingerprint density at radius 3 is 2.52 bits per heavy atom. The van der Waals surface area contributed by atoms with E-state index in [2.05, 4.69) is 23.5 Å². The standard InChI is InChI=1S/C22H27NO2/c1-15-8-4-7-11-21(15)25-17(3)22(24)23-16(2)19-13-12-18-9-5-6-10-20(18)14-19/h4,7-8,11-14,16-17H,5-6,9-10H2,1-3H3,(H,23,24)/t16-,17-/m1/s1. The molecule has 2 atom stereocenters. The van der Waals surface area contributed by atoms with Crippen LogP contribution in [0.5, 0.6) is 5.75 Å². The number of para-hydroxylation sites is 1. The van der Waals surface area contributed by atoms with Crippen LogP contribution in [-0.4, -0.2) is 12.0 Å². The molecule has 0 aromatic heterocycles. The zero-order valence-electron chi connectivity index (χ0n) is 15.3. The zero-order chi connectivity index (χ0) is 17.8. The fourth-order valence-electron chi connectivity index (χ4n) is 3.37. The zero-order valence-corrected chi connectivity index (χ0v) is 15.3. The second-order valence-corrected chi connectivity index (χ2v) is 6.99. The number of rotatable bonds is 5. The molecule has 1 aliphatic carbocycles. The lowest BCUT2D eigenvalue weighted by atomic mass is 9.89. The highest BCUT2D eigenvalue weighted by atomic mass is 16.5. The number of nitrogens with one attached hydrogen (secondary N) is 1. The summed E-state index contributed by atoms with van der Waals surface area (Å²) in [7, 11) is 0. The number of hydrogen-bond donors (Lipinski definition) is 1. The molecular weight excluding hydrogens is 310 g/mol. The summed E-state index contributed by atoms with van der Waals surface area (Å²) in [6.45, 7) is 5.81. The maximum absolute atomic E-state index is 12.5. The SMILES string of the molecule is Cc1ccccc1O[C@H](C)C(=O)N[C@H](C)c1ccc2c(c1)CCCC2. The Balaban J connectivity index is 1.63. The lowest BCUT2D eigenvalue weighted by molar-refractivity contribution is -0.127. The lowest BCUT2D eigenvalue weighted by Crippen LogP contribution is -2.37. The van der Waals surface area contributed by atoms with E-state index >= 15 is 0 Å². The number of fused-ring (bicyclic) bond motifs is 1. The van der Waals surface area contributed by atoms with Gasteiger partial charge in [0, 0.05) is 0 Å². The summed E-state index contributed by atoms with van der Waals surface area (Å²) in [5.74, 6) is 0.667.